The van der Waals surface area contributed by atoms with Crippen molar-refractivity contribution in [3.05, 3.63) is 29.8 Å². The largest absolute Gasteiger partial charge is 0.416 e. The SMILES string of the molecule is CC1(C)C[C@@H]2C[C@@](C)(CN2C(=O)CN2CCN(c3cccc(C(F)(F)F)c3)CC2)C1. The summed E-state index contributed by atoms with van der Waals surface area (Å²) in [6.45, 7) is 10.8. The van der Waals surface area contributed by atoms with E-state index in [1.807, 2.05) is 4.90 Å². The van der Waals surface area contributed by atoms with Crippen molar-refractivity contribution in [2.75, 3.05) is 44.2 Å². The number of nitrogens with zero attached hydrogens (tertiary/aromatic N) is 3. The van der Waals surface area contributed by atoms with Gasteiger partial charge in [0.05, 0.1) is 12.1 Å². The molecule has 0 spiro atoms. The highest BCUT2D eigenvalue weighted by Crippen LogP contribution is 2.52. The summed E-state index contributed by atoms with van der Waals surface area (Å²) in [6.07, 6.45) is -0.998. The number of carbonyl (C=O) groups is 1. The van der Waals surface area contributed by atoms with Crippen LogP contribution < -0.4 is 4.90 Å². The third-order valence-electron chi connectivity index (χ3n) is 7.00. The zero-order valence-electron chi connectivity index (χ0n) is 18.1. The molecule has 1 amide bonds. The summed E-state index contributed by atoms with van der Waals surface area (Å²) in [4.78, 5) is 19.3. The Hall–Kier alpha value is -1.76. The number of rotatable bonds is 3. The molecule has 3 fully saturated rings. The highest BCUT2D eigenvalue weighted by Gasteiger charge is 2.50. The van der Waals surface area contributed by atoms with Gasteiger partial charge in [0, 0.05) is 44.5 Å². The second-order valence-electron chi connectivity index (χ2n) is 10.5. The fourth-order valence-corrected chi connectivity index (χ4v) is 6.08. The number of alkyl halides is 3. The summed E-state index contributed by atoms with van der Waals surface area (Å²) in [6, 6.07) is 5.85. The van der Waals surface area contributed by atoms with Crippen molar-refractivity contribution in [1.29, 1.82) is 0 Å². The number of amides is 1. The van der Waals surface area contributed by atoms with E-state index >= 15 is 0 Å². The van der Waals surface area contributed by atoms with Crippen molar-refractivity contribution < 1.29 is 18.0 Å². The van der Waals surface area contributed by atoms with Crippen LogP contribution in [0.25, 0.3) is 0 Å². The monoisotopic (exact) mass is 423 g/mol. The fraction of sp³-hybridized carbons (Fsp3) is 0.696. The summed E-state index contributed by atoms with van der Waals surface area (Å²) in [5.41, 5.74) is 0.488. The number of likely N-dealkylation sites (tertiary alicyclic amines) is 1. The second-order valence-corrected chi connectivity index (χ2v) is 10.5. The molecular formula is C23H32F3N3O. The number of hydrogen-bond acceptors (Lipinski definition) is 3. The molecule has 0 unspecified atom stereocenters. The molecule has 1 aromatic carbocycles. The van der Waals surface area contributed by atoms with Gasteiger partial charge in [0.25, 0.3) is 0 Å². The Kier molecular flexibility index (Phi) is 5.32. The Bertz CT molecular complexity index is 801. The standard InChI is InChI=1S/C23H32F3N3O/c1-21(2)12-19-13-22(3,15-21)16-29(19)20(30)14-27-7-9-28(10-8-27)18-6-4-5-17(11-18)23(24,25)26/h4-6,11,19H,7-10,12-16H2,1-3H3/t19-,22-/m1/s1. The first-order valence-electron chi connectivity index (χ1n) is 10.9. The van der Waals surface area contributed by atoms with Gasteiger partial charge >= 0.3 is 6.18 Å². The van der Waals surface area contributed by atoms with Gasteiger partial charge in [-0.15, -0.1) is 0 Å². The van der Waals surface area contributed by atoms with Crippen LogP contribution in [0.15, 0.2) is 24.3 Å². The van der Waals surface area contributed by atoms with E-state index in [2.05, 4.69) is 30.6 Å². The van der Waals surface area contributed by atoms with Crippen LogP contribution in [0.1, 0.15) is 45.6 Å². The van der Waals surface area contributed by atoms with Crippen molar-refractivity contribution in [1.82, 2.24) is 9.80 Å². The molecule has 2 heterocycles. The Balaban J connectivity index is 1.33. The maximum absolute atomic E-state index is 13.1. The Morgan fingerprint density at radius 2 is 1.80 bits per heavy atom. The smallest absolute Gasteiger partial charge is 0.369 e. The van der Waals surface area contributed by atoms with Gasteiger partial charge in [-0.1, -0.05) is 26.8 Å². The average molecular weight is 424 g/mol. The van der Waals surface area contributed by atoms with E-state index in [9.17, 15) is 18.0 Å². The molecule has 1 aromatic rings. The summed E-state index contributed by atoms with van der Waals surface area (Å²) in [5.74, 6) is 0.203. The summed E-state index contributed by atoms with van der Waals surface area (Å²) in [5, 5.41) is 0. The van der Waals surface area contributed by atoms with Crippen LogP contribution in [0.3, 0.4) is 0 Å². The molecule has 7 heteroatoms. The minimum atomic E-state index is -4.33. The Labute approximate surface area is 177 Å². The minimum Gasteiger partial charge on any atom is -0.369 e. The molecule has 2 aliphatic heterocycles. The van der Waals surface area contributed by atoms with Crippen molar-refractivity contribution in [3.8, 4) is 0 Å². The molecule has 166 valence electrons. The van der Waals surface area contributed by atoms with Crippen molar-refractivity contribution in [2.24, 2.45) is 10.8 Å². The average Bonchev–Trinajstić information content (AvgIpc) is 2.90. The molecule has 30 heavy (non-hydrogen) atoms. The lowest BCUT2D eigenvalue weighted by Crippen LogP contribution is -2.51. The molecule has 1 saturated carbocycles. The van der Waals surface area contributed by atoms with E-state index in [-0.39, 0.29) is 16.7 Å². The normalized spacial score (nSPS) is 29.3. The van der Waals surface area contributed by atoms with E-state index in [1.54, 1.807) is 6.07 Å². The quantitative estimate of drug-likeness (QED) is 0.727. The molecule has 2 bridgehead atoms. The highest BCUT2D eigenvalue weighted by atomic mass is 19.4. The molecular weight excluding hydrogens is 391 g/mol. The van der Waals surface area contributed by atoms with E-state index in [1.165, 1.54) is 12.1 Å². The first-order chi connectivity index (χ1) is 13.9. The Morgan fingerprint density at radius 3 is 2.47 bits per heavy atom. The van der Waals surface area contributed by atoms with Gasteiger partial charge in [-0.3, -0.25) is 9.69 Å². The van der Waals surface area contributed by atoms with Gasteiger partial charge in [-0.2, -0.15) is 13.2 Å². The van der Waals surface area contributed by atoms with Crippen LogP contribution in [-0.2, 0) is 11.0 Å². The minimum absolute atomic E-state index is 0.203. The Morgan fingerprint density at radius 1 is 1.10 bits per heavy atom. The molecule has 2 atom stereocenters. The van der Waals surface area contributed by atoms with E-state index in [0.717, 1.165) is 31.9 Å². The van der Waals surface area contributed by atoms with Crippen LogP contribution in [-0.4, -0.2) is 61.0 Å². The molecule has 0 N–H and O–H groups in total. The van der Waals surface area contributed by atoms with Gasteiger partial charge in [0.15, 0.2) is 0 Å². The zero-order chi connectivity index (χ0) is 21.7. The molecule has 3 aliphatic rings. The van der Waals surface area contributed by atoms with Crippen molar-refractivity contribution in [2.45, 2.75) is 52.3 Å². The van der Waals surface area contributed by atoms with Crippen LogP contribution in [0.2, 0.25) is 0 Å². The number of halogens is 3. The maximum Gasteiger partial charge on any atom is 0.416 e. The third kappa shape index (κ3) is 4.46. The number of piperazine rings is 1. The predicted octanol–water partition coefficient (Wildman–Crippen LogP) is 4.25. The lowest BCUT2D eigenvalue weighted by atomic mass is 9.65. The van der Waals surface area contributed by atoms with Crippen LogP contribution in [0, 0.1) is 10.8 Å². The topological polar surface area (TPSA) is 26.8 Å². The number of benzene rings is 1. The number of anilines is 1. The first-order valence-corrected chi connectivity index (χ1v) is 10.9. The molecule has 0 aromatic heterocycles. The number of carbonyl (C=O) groups excluding carboxylic acids is 1. The van der Waals surface area contributed by atoms with Crippen LogP contribution >= 0.6 is 0 Å². The molecule has 4 rings (SSSR count). The summed E-state index contributed by atoms with van der Waals surface area (Å²) < 4.78 is 39.0. The first kappa shape index (κ1) is 21.5. The van der Waals surface area contributed by atoms with Crippen LogP contribution in [0.4, 0.5) is 18.9 Å². The van der Waals surface area contributed by atoms with Gasteiger partial charge in [0.1, 0.15) is 0 Å². The van der Waals surface area contributed by atoms with Gasteiger partial charge in [0.2, 0.25) is 5.91 Å². The lowest BCUT2D eigenvalue weighted by molar-refractivity contribution is -0.137. The van der Waals surface area contributed by atoms with Crippen molar-refractivity contribution in [3.63, 3.8) is 0 Å². The molecule has 1 aliphatic carbocycles. The van der Waals surface area contributed by atoms with Gasteiger partial charge in [-0.25, -0.2) is 0 Å². The predicted molar refractivity (Wildman–Crippen MR) is 111 cm³/mol. The number of hydrogen-bond donors (Lipinski definition) is 0. The van der Waals surface area contributed by atoms with Gasteiger partial charge in [-0.05, 0) is 48.3 Å². The fourth-order valence-electron chi connectivity index (χ4n) is 6.08. The second kappa shape index (κ2) is 7.43. The van der Waals surface area contributed by atoms with Crippen molar-refractivity contribution >= 4 is 11.6 Å². The third-order valence-corrected chi connectivity index (χ3v) is 7.00. The van der Waals surface area contributed by atoms with E-state index in [4.69, 9.17) is 0 Å². The van der Waals surface area contributed by atoms with E-state index in [0.29, 0.717) is 44.5 Å². The highest BCUT2D eigenvalue weighted by molar-refractivity contribution is 5.79. The van der Waals surface area contributed by atoms with Crippen LogP contribution in [0.5, 0.6) is 0 Å². The van der Waals surface area contributed by atoms with E-state index < -0.39 is 11.7 Å². The summed E-state index contributed by atoms with van der Waals surface area (Å²) >= 11 is 0. The number of fused-ring (bicyclic) bond motifs is 2. The maximum atomic E-state index is 13.1. The lowest BCUT2D eigenvalue weighted by Gasteiger charge is -2.39. The molecule has 0 radical (unpaired) electrons. The molecule has 4 nitrogen and oxygen atoms in total. The summed E-state index contributed by atoms with van der Waals surface area (Å²) in [7, 11) is 0. The zero-order valence-corrected chi connectivity index (χ0v) is 18.1. The molecule has 2 saturated heterocycles. The van der Waals surface area contributed by atoms with Gasteiger partial charge < -0.3 is 9.80 Å².